The molecule has 1 fully saturated rings. The number of carbonyl (C=O) groups is 1. The van der Waals surface area contributed by atoms with E-state index in [0.717, 1.165) is 11.0 Å². The molecule has 0 bridgehead atoms. The molecule has 0 radical (unpaired) electrons. The molecule has 1 amide bonds. The number of aromatic hydroxyl groups is 1. The molecule has 1 unspecified atom stereocenters. The van der Waals surface area contributed by atoms with Crippen LogP contribution in [0.5, 0.6) is 5.88 Å². The first kappa shape index (κ1) is 24.1. The van der Waals surface area contributed by atoms with Crippen LogP contribution in [0.15, 0.2) is 47.6 Å². The summed E-state index contributed by atoms with van der Waals surface area (Å²) in [6.45, 7) is 4.69. The molecule has 1 aromatic carbocycles. The lowest BCUT2D eigenvalue weighted by molar-refractivity contribution is 0.0996. The van der Waals surface area contributed by atoms with Gasteiger partial charge in [-0.25, -0.2) is 4.68 Å². The smallest absolute Gasteiger partial charge is 0.305 e. The van der Waals surface area contributed by atoms with Crippen LogP contribution in [0.4, 0.5) is 0 Å². The van der Waals surface area contributed by atoms with Gasteiger partial charge in [-0.05, 0) is 43.5 Å². The van der Waals surface area contributed by atoms with Crippen LogP contribution in [0, 0.1) is 12.8 Å². The number of nitrogens with one attached hydrogen (secondary N) is 1. The first-order valence-electron chi connectivity index (χ1n) is 11.5. The highest BCUT2D eigenvalue weighted by Crippen LogP contribution is 2.28. The summed E-state index contributed by atoms with van der Waals surface area (Å²) in [6.07, 6.45) is 1.91. The van der Waals surface area contributed by atoms with E-state index in [-0.39, 0.29) is 17.9 Å². The average molecular weight is 511 g/mol. The number of imidazole rings is 1. The van der Waals surface area contributed by atoms with Crippen molar-refractivity contribution >= 4 is 28.3 Å². The second-order valence-electron chi connectivity index (χ2n) is 8.93. The lowest BCUT2D eigenvalue weighted by Gasteiger charge is -2.15. The molecule has 4 aromatic rings. The molecule has 36 heavy (non-hydrogen) atoms. The fourth-order valence-corrected chi connectivity index (χ4v) is 5.01. The van der Waals surface area contributed by atoms with Crippen LogP contribution in [-0.4, -0.2) is 52.2 Å². The summed E-state index contributed by atoms with van der Waals surface area (Å²) >= 11 is -1.68. The number of fused-ring (bicyclic) bond motifs is 1. The van der Waals surface area contributed by atoms with E-state index in [2.05, 4.69) is 27.0 Å². The van der Waals surface area contributed by atoms with Crippen molar-refractivity contribution < 1.29 is 22.5 Å². The molecule has 3 atom stereocenters. The number of carbonyl (C=O) groups excluding carboxylic acids is 1. The number of nitrogens with zero attached hydrogens (tertiary/aromatic N) is 5. The molecule has 0 spiro atoms. The quantitative estimate of drug-likeness (QED) is 0.407. The van der Waals surface area contributed by atoms with Crippen molar-refractivity contribution in [3.8, 4) is 17.1 Å². The normalized spacial score (nSPS) is 19.2. The van der Waals surface area contributed by atoms with Crippen LogP contribution in [0.3, 0.4) is 0 Å². The van der Waals surface area contributed by atoms with Crippen LogP contribution in [0.25, 0.3) is 22.3 Å². The minimum absolute atomic E-state index is 0.0358. The van der Waals surface area contributed by atoms with Crippen molar-refractivity contribution in [1.82, 2.24) is 24.3 Å². The summed E-state index contributed by atoms with van der Waals surface area (Å²) < 4.78 is 25.0. The number of benzene rings is 1. The zero-order chi connectivity index (χ0) is 25.4. The number of hydrogen-bond acceptors (Lipinski definition) is 7. The van der Waals surface area contributed by atoms with Gasteiger partial charge in [0.2, 0.25) is 11.5 Å². The molecule has 4 heterocycles. The number of H-pyrrole nitrogens is 1. The van der Waals surface area contributed by atoms with E-state index >= 15 is 0 Å². The van der Waals surface area contributed by atoms with Crippen molar-refractivity contribution in [3.05, 3.63) is 59.5 Å². The van der Waals surface area contributed by atoms with Gasteiger partial charge in [0.25, 0.3) is 5.91 Å². The molecule has 1 aliphatic heterocycles. The van der Waals surface area contributed by atoms with Crippen LogP contribution < -0.4 is 5.62 Å². The topological polar surface area (TPSA) is 137 Å². The third-order valence-corrected chi connectivity index (χ3v) is 6.77. The number of aromatic amines is 1. The number of aromatic nitrogens is 5. The van der Waals surface area contributed by atoms with Gasteiger partial charge in [0, 0.05) is 24.8 Å². The van der Waals surface area contributed by atoms with Gasteiger partial charge in [-0.15, -0.1) is 0 Å². The SMILES string of the molecule is Cc1cc(C(=O)/N=c2\[nH]c3ccccc3n2C[C@H](C)C[C@H]2COS(=O)O2)cc(-c2cnn(C)c2O)n1. The van der Waals surface area contributed by atoms with Crippen molar-refractivity contribution in [2.75, 3.05) is 6.61 Å². The Bertz CT molecular complexity index is 1540. The molecular formula is C24H26N6O5S. The Morgan fingerprint density at radius 1 is 1.36 bits per heavy atom. The van der Waals surface area contributed by atoms with Crippen molar-refractivity contribution in [3.63, 3.8) is 0 Å². The maximum Gasteiger partial charge on any atom is 0.305 e. The highest BCUT2D eigenvalue weighted by Gasteiger charge is 2.25. The molecule has 1 aliphatic rings. The lowest BCUT2D eigenvalue weighted by atomic mass is 10.0. The second-order valence-corrected chi connectivity index (χ2v) is 9.77. The van der Waals surface area contributed by atoms with E-state index in [9.17, 15) is 14.1 Å². The van der Waals surface area contributed by atoms with E-state index in [0.29, 0.717) is 47.7 Å². The van der Waals surface area contributed by atoms with E-state index in [1.807, 2.05) is 28.8 Å². The standard InChI is InChI=1S/C24H26N6O5S/c1-14(8-17-13-34-36(33)35-17)12-30-21-7-5-4-6-19(21)27-24(30)28-22(31)16-9-15(2)26-20(10-16)18-11-25-29(3)23(18)32/h4-7,9-11,14,17,32H,8,12-13H2,1-3H3,(H,27,28,31)/t14-,17+,36?/m1/s1. The van der Waals surface area contributed by atoms with Gasteiger partial charge in [-0.2, -0.15) is 14.3 Å². The van der Waals surface area contributed by atoms with Gasteiger partial charge in [-0.1, -0.05) is 19.1 Å². The number of hydrogen-bond donors (Lipinski definition) is 2. The maximum absolute atomic E-state index is 13.3. The van der Waals surface area contributed by atoms with E-state index in [1.54, 1.807) is 26.1 Å². The van der Waals surface area contributed by atoms with Crippen molar-refractivity contribution in [2.24, 2.45) is 18.0 Å². The Kier molecular flexibility index (Phi) is 6.56. The van der Waals surface area contributed by atoms with E-state index < -0.39 is 17.3 Å². The Labute approximate surface area is 209 Å². The third-order valence-electron chi connectivity index (χ3n) is 6.01. The minimum Gasteiger partial charge on any atom is -0.493 e. The number of amides is 1. The zero-order valence-electron chi connectivity index (χ0n) is 20.0. The zero-order valence-corrected chi connectivity index (χ0v) is 20.9. The van der Waals surface area contributed by atoms with Crippen LogP contribution >= 0.6 is 0 Å². The molecule has 12 heteroatoms. The number of rotatable bonds is 6. The van der Waals surface area contributed by atoms with Gasteiger partial charge < -0.3 is 14.7 Å². The van der Waals surface area contributed by atoms with Crippen LogP contribution in [-0.2, 0) is 33.3 Å². The molecule has 0 aliphatic carbocycles. The maximum atomic E-state index is 13.3. The molecule has 0 saturated carbocycles. The number of aryl methyl sites for hydroxylation is 2. The fraction of sp³-hybridized carbons (Fsp3) is 0.333. The predicted octanol–water partition coefficient (Wildman–Crippen LogP) is 2.54. The summed E-state index contributed by atoms with van der Waals surface area (Å²) in [5.41, 5.74) is 4.01. The van der Waals surface area contributed by atoms with Gasteiger partial charge in [-0.3, -0.25) is 18.1 Å². The van der Waals surface area contributed by atoms with E-state index in [4.69, 9.17) is 8.37 Å². The number of para-hydroxylation sites is 2. The largest absolute Gasteiger partial charge is 0.493 e. The summed E-state index contributed by atoms with van der Waals surface area (Å²) in [5, 5.41) is 14.3. The summed E-state index contributed by atoms with van der Waals surface area (Å²) in [4.78, 5) is 25.4. The van der Waals surface area contributed by atoms with Gasteiger partial charge in [0.05, 0.1) is 35.1 Å². The third kappa shape index (κ3) is 4.87. The molecule has 2 N–H and O–H groups in total. The Morgan fingerprint density at radius 2 is 2.17 bits per heavy atom. The van der Waals surface area contributed by atoms with Crippen LogP contribution in [0.1, 0.15) is 29.4 Å². The first-order chi connectivity index (χ1) is 17.3. The number of pyridine rings is 1. The van der Waals surface area contributed by atoms with Gasteiger partial charge >= 0.3 is 11.4 Å². The first-order valence-corrected chi connectivity index (χ1v) is 12.5. The molecule has 188 valence electrons. The van der Waals surface area contributed by atoms with Gasteiger partial charge in [0.1, 0.15) is 6.10 Å². The van der Waals surface area contributed by atoms with E-state index in [1.165, 1.54) is 10.9 Å². The summed E-state index contributed by atoms with van der Waals surface area (Å²) in [5.74, 6) is -0.349. The predicted molar refractivity (Wildman–Crippen MR) is 132 cm³/mol. The monoisotopic (exact) mass is 510 g/mol. The molecule has 3 aromatic heterocycles. The Balaban J connectivity index is 1.49. The van der Waals surface area contributed by atoms with Crippen molar-refractivity contribution in [2.45, 2.75) is 32.9 Å². The highest BCUT2D eigenvalue weighted by atomic mass is 32.2. The molecule has 11 nitrogen and oxygen atoms in total. The summed E-state index contributed by atoms with van der Waals surface area (Å²) in [7, 11) is 1.62. The van der Waals surface area contributed by atoms with Gasteiger partial charge in [0.15, 0.2) is 0 Å². The average Bonchev–Trinajstić information content (AvgIpc) is 3.51. The molecule has 5 rings (SSSR count). The minimum atomic E-state index is -1.68. The lowest BCUT2D eigenvalue weighted by Crippen LogP contribution is -2.26. The second kappa shape index (κ2) is 9.80. The Hall–Kier alpha value is -3.61. The fourth-order valence-electron chi connectivity index (χ4n) is 4.33. The molecular weight excluding hydrogens is 484 g/mol. The van der Waals surface area contributed by atoms with Crippen molar-refractivity contribution in [1.29, 1.82) is 0 Å². The highest BCUT2D eigenvalue weighted by molar-refractivity contribution is 7.75. The summed E-state index contributed by atoms with van der Waals surface area (Å²) in [6, 6.07) is 11.0. The van der Waals surface area contributed by atoms with Crippen LogP contribution in [0.2, 0.25) is 0 Å². The molecule has 1 saturated heterocycles. The Morgan fingerprint density at radius 3 is 2.89 bits per heavy atom.